The molecule has 1 aromatic heterocycles. The van der Waals surface area contributed by atoms with Crippen molar-refractivity contribution >= 4 is 11.6 Å². The number of hydrogen-bond donors (Lipinski definition) is 1. The van der Waals surface area contributed by atoms with Crippen LogP contribution >= 0.6 is 0 Å². The predicted molar refractivity (Wildman–Crippen MR) is 69.2 cm³/mol. The molecule has 0 unspecified atom stereocenters. The Bertz CT molecular complexity index is 543. The van der Waals surface area contributed by atoms with Crippen molar-refractivity contribution in [1.82, 2.24) is 15.2 Å². The van der Waals surface area contributed by atoms with E-state index in [2.05, 4.69) is 10.3 Å². The summed E-state index contributed by atoms with van der Waals surface area (Å²) in [5.74, 6) is -0.124. The first-order chi connectivity index (χ1) is 9.02. The average Bonchev–Trinajstić information content (AvgIpc) is 2.79. The van der Waals surface area contributed by atoms with Gasteiger partial charge >= 0.3 is 0 Å². The quantitative estimate of drug-likeness (QED) is 0.840. The highest BCUT2D eigenvalue weighted by Gasteiger charge is 2.31. The fraction of sp³-hybridized carbons (Fsp3) is 0.462. The van der Waals surface area contributed by atoms with E-state index >= 15 is 0 Å². The number of carbonyl (C=O) groups excluding carboxylic acids is 2. The molecule has 0 bridgehead atoms. The summed E-state index contributed by atoms with van der Waals surface area (Å²) in [7, 11) is 3.88. The standard InChI is InChI=1S/C13H17N3O3/c1-4-10-15-11-12(18)8(14-5-6-16(2)3)7-9(17)13(11)19-10/h7,14H,4-6H2,1-3H3. The molecule has 0 atom stereocenters. The zero-order valence-corrected chi connectivity index (χ0v) is 11.3. The maximum Gasteiger partial charge on any atom is 0.231 e. The van der Waals surface area contributed by atoms with Crippen LogP contribution in [0.4, 0.5) is 0 Å². The molecule has 0 aliphatic heterocycles. The van der Waals surface area contributed by atoms with Crippen LogP contribution < -0.4 is 5.32 Å². The SMILES string of the molecule is CCc1nc2c(o1)C(=O)C=C(NCCN(C)C)C2=O. The Morgan fingerprint density at radius 3 is 2.74 bits per heavy atom. The van der Waals surface area contributed by atoms with Gasteiger partial charge in [-0.1, -0.05) is 6.92 Å². The van der Waals surface area contributed by atoms with Gasteiger partial charge in [-0.25, -0.2) is 4.98 Å². The highest BCUT2D eigenvalue weighted by atomic mass is 16.4. The number of Topliss-reactive ketones (excluding diaryl/α,β-unsaturated/α-hetero) is 1. The number of ketones is 2. The lowest BCUT2D eigenvalue weighted by molar-refractivity contribution is 0.0959. The molecule has 19 heavy (non-hydrogen) atoms. The first-order valence-corrected chi connectivity index (χ1v) is 6.22. The van der Waals surface area contributed by atoms with Crippen LogP contribution in [0.1, 0.15) is 33.9 Å². The fourth-order valence-corrected chi connectivity index (χ4v) is 1.77. The van der Waals surface area contributed by atoms with Gasteiger partial charge in [-0.3, -0.25) is 9.59 Å². The molecule has 1 aromatic rings. The molecule has 0 radical (unpaired) electrons. The Morgan fingerprint density at radius 1 is 1.37 bits per heavy atom. The van der Waals surface area contributed by atoms with E-state index in [0.29, 0.717) is 18.9 Å². The summed E-state index contributed by atoms with van der Waals surface area (Å²) in [4.78, 5) is 30.1. The van der Waals surface area contributed by atoms with E-state index in [0.717, 1.165) is 6.54 Å². The molecule has 1 aliphatic rings. The molecule has 6 nitrogen and oxygen atoms in total. The molecule has 0 saturated heterocycles. The van der Waals surface area contributed by atoms with Gasteiger partial charge in [0, 0.05) is 25.6 Å². The lowest BCUT2D eigenvalue weighted by Crippen LogP contribution is -2.31. The van der Waals surface area contributed by atoms with Gasteiger partial charge in [0.2, 0.25) is 17.3 Å². The Hall–Kier alpha value is -1.95. The summed E-state index contributed by atoms with van der Waals surface area (Å²) in [5, 5.41) is 2.97. The minimum atomic E-state index is -0.311. The highest BCUT2D eigenvalue weighted by Crippen LogP contribution is 2.21. The average molecular weight is 263 g/mol. The van der Waals surface area contributed by atoms with Crippen LogP contribution in [-0.2, 0) is 6.42 Å². The summed E-state index contributed by atoms with van der Waals surface area (Å²) >= 11 is 0. The number of rotatable bonds is 5. The van der Waals surface area contributed by atoms with Gasteiger partial charge in [0.15, 0.2) is 11.6 Å². The Labute approximate surface area is 111 Å². The number of aryl methyl sites for hydroxylation is 1. The van der Waals surface area contributed by atoms with E-state index in [-0.39, 0.29) is 28.7 Å². The summed E-state index contributed by atoms with van der Waals surface area (Å²) in [6, 6.07) is 0. The van der Waals surface area contributed by atoms with Crippen LogP contribution in [-0.4, -0.2) is 48.6 Å². The molecule has 102 valence electrons. The number of fused-ring (bicyclic) bond motifs is 1. The summed E-state index contributed by atoms with van der Waals surface area (Å²) in [5.41, 5.74) is 0.409. The molecule has 0 spiro atoms. The van der Waals surface area contributed by atoms with E-state index in [1.807, 2.05) is 25.9 Å². The molecule has 1 aliphatic carbocycles. The molecule has 1 N–H and O–H groups in total. The van der Waals surface area contributed by atoms with Crippen LogP contribution in [0.5, 0.6) is 0 Å². The number of likely N-dealkylation sites (N-methyl/N-ethyl adjacent to an activating group) is 1. The van der Waals surface area contributed by atoms with Gasteiger partial charge < -0.3 is 14.6 Å². The van der Waals surface area contributed by atoms with E-state index in [4.69, 9.17) is 4.42 Å². The van der Waals surface area contributed by atoms with Gasteiger partial charge in [0.1, 0.15) is 0 Å². The summed E-state index contributed by atoms with van der Waals surface area (Å²) < 4.78 is 5.27. The zero-order chi connectivity index (χ0) is 14.0. The molecule has 0 saturated carbocycles. The predicted octanol–water partition coefficient (Wildman–Crippen LogP) is 0.651. The molecule has 6 heteroatoms. The van der Waals surface area contributed by atoms with Crippen molar-refractivity contribution in [3.05, 3.63) is 29.1 Å². The third kappa shape index (κ3) is 2.73. The van der Waals surface area contributed by atoms with Crippen LogP contribution in [0.2, 0.25) is 0 Å². The first kappa shape index (κ1) is 13.5. The third-order valence-electron chi connectivity index (χ3n) is 2.81. The highest BCUT2D eigenvalue weighted by molar-refractivity contribution is 6.22. The van der Waals surface area contributed by atoms with Crippen molar-refractivity contribution in [3.63, 3.8) is 0 Å². The second-order valence-corrected chi connectivity index (χ2v) is 4.62. The van der Waals surface area contributed by atoms with E-state index in [1.54, 1.807) is 0 Å². The molecule has 1 heterocycles. The molecule has 0 aromatic carbocycles. The summed E-state index contributed by atoms with van der Waals surface area (Å²) in [6.07, 6.45) is 1.84. The molecular formula is C13H17N3O3. The van der Waals surface area contributed by atoms with Crippen molar-refractivity contribution in [3.8, 4) is 0 Å². The normalized spacial score (nSPS) is 14.6. The molecule has 0 fully saturated rings. The van der Waals surface area contributed by atoms with Crippen molar-refractivity contribution in [2.45, 2.75) is 13.3 Å². The molecule has 0 amide bonds. The van der Waals surface area contributed by atoms with Gasteiger partial charge in [-0.2, -0.15) is 0 Å². The van der Waals surface area contributed by atoms with Crippen molar-refractivity contribution < 1.29 is 14.0 Å². The largest absolute Gasteiger partial charge is 0.436 e. The zero-order valence-electron chi connectivity index (χ0n) is 11.3. The topological polar surface area (TPSA) is 75.4 Å². The Balaban J connectivity index is 2.16. The van der Waals surface area contributed by atoms with E-state index < -0.39 is 0 Å². The first-order valence-electron chi connectivity index (χ1n) is 6.22. The van der Waals surface area contributed by atoms with Gasteiger partial charge in [0.05, 0.1) is 5.70 Å². The van der Waals surface area contributed by atoms with Gasteiger partial charge in [0.25, 0.3) is 0 Å². The van der Waals surface area contributed by atoms with Gasteiger partial charge in [-0.05, 0) is 14.1 Å². The maximum absolute atomic E-state index is 12.1. The monoisotopic (exact) mass is 263 g/mol. The van der Waals surface area contributed by atoms with E-state index in [9.17, 15) is 9.59 Å². The van der Waals surface area contributed by atoms with E-state index in [1.165, 1.54) is 6.08 Å². The summed E-state index contributed by atoms with van der Waals surface area (Å²) in [6.45, 7) is 3.21. The number of carbonyl (C=O) groups is 2. The smallest absolute Gasteiger partial charge is 0.231 e. The number of nitrogens with zero attached hydrogens (tertiary/aromatic N) is 2. The third-order valence-corrected chi connectivity index (χ3v) is 2.81. The molecular weight excluding hydrogens is 246 g/mol. The molecule has 2 rings (SSSR count). The maximum atomic E-state index is 12.1. The number of aromatic nitrogens is 1. The van der Waals surface area contributed by atoms with Crippen molar-refractivity contribution in [1.29, 1.82) is 0 Å². The second kappa shape index (κ2) is 5.36. The number of hydrogen-bond acceptors (Lipinski definition) is 6. The second-order valence-electron chi connectivity index (χ2n) is 4.62. The van der Waals surface area contributed by atoms with Crippen LogP contribution in [0.3, 0.4) is 0 Å². The Kier molecular flexibility index (Phi) is 3.80. The number of nitrogens with one attached hydrogen (secondary N) is 1. The van der Waals surface area contributed by atoms with Crippen molar-refractivity contribution in [2.24, 2.45) is 0 Å². The fourth-order valence-electron chi connectivity index (χ4n) is 1.77. The number of allylic oxidation sites excluding steroid dienone is 2. The van der Waals surface area contributed by atoms with Crippen LogP contribution in [0.25, 0.3) is 0 Å². The minimum absolute atomic E-state index is 0.0556. The van der Waals surface area contributed by atoms with Crippen molar-refractivity contribution in [2.75, 3.05) is 27.2 Å². The van der Waals surface area contributed by atoms with Gasteiger partial charge in [-0.15, -0.1) is 0 Å². The Morgan fingerprint density at radius 2 is 2.11 bits per heavy atom. The lowest BCUT2D eigenvalue weighted by atomic mass is 10.0. The lowest BCUT2D eigenvalue weighted by Gasteiger charge is -2.14. The van der Waals surface area contributed by atoms with Crippen LogP contribution in [0.15, 0.2) is 16.2 Å². The van der Waals surface area contributed by atoms with Crippen LogP contribution in [0, 0.1) is 0 Å². The minimum Gasteiger partial charge on any atom is -0.436 e. The number of oxazole rings is 1.